The first-order chi connectivity index (χ1) is 3.79. The molecule has 2 nitrogen and oxygen atoms in total. The summed E-state index contributed by atoms with van der Waals surface area (Å²) in [5.41, 5.74) is 0. The van der Waals surface area contributed by atoms with Gasteiger partial charge in [-0.1, -0.05) is 0 Å². The summed E-state index contributed by atoms with van der Waals surface area (Å²) in [5.74, 6) is 0. The van der Waals surface area contributed by atoms with Gasteiger partial charge in [-0.2, -0.15) is 0 Å². The summed E-state index contributed by atoms with van der Waals surface area (Å²) in [6.45, 7) is 0. The van der Waals surface area contributed by atoms with Crippen LogP contribution < -0.4 is 0 Å². The minimum atomic E-state index is -1.44. The molecule has 8 heavy (non-hydrogen) atoms. The lowest BCUT2D eigenvalue weighted by Gasteiger charge is -1.94. The van der Waals surface area contributed by atoms with E-state index in [-0.39, 0.29) is 0 Å². The topological polar surface area (TPSA) is 24.7 Å². The van der Waals surface area contributed by atoms with E-state index < -0.39 is 14.2 Å². The zero-order chi connectivity index (χ0) is 5.98. The molecule has 1 aliphatic heterocycles. The molecule has 0 aliphatic carbocycles. The highest BCUT2D eigenvalue weighted by Gasteiger charge is 2.18. The first-order valence-corrected chi connectivity index (χ1v) is 2.14. The summed E-state index contributed by atoms with van der Waals surface area (Å²) in [5, 5.41) is 0. The van der Waals surface area contributed by atoms with Gasteiger partial charge in [0.1, 0.15) is 0 Å². The van der Waals surface area contributed by atoms with Crippen molar-refractivity contribution in [3.63, 3.8) is 0 Å². The predicted molar refractivity (Wildman–Crippen MR) is 30.7 cm³/mol. The number of halogens is 2. The van der Waals surface area contributed by atoms with Crippen molar-refractivity contribution in [2.45, 2.75) is 0 Å². The minimum absolute atomic E-state index is 0.838. The number of nitrogens with zero attached hydrogens (tertiary/aromatic N) is 2. The van der Waals surface area contributed by atoms with Crippen molar-refractivity contribution in [2.24, 2.45) is 9.81 Å². The van der Waals surface area contributed by atoms with Crippen LogP contribution in [0.5, 0.6) is 0 Å². The van der Waals surface area contributed by atoms with Crippen LogP contribution in [0.1, 0.15) is 0 Å². The van der Waals surface area contributed by atoms with Gasteiger partial charge in [0.2, 0.25) is 0 Å². The van der Waals surface area contributed by atoms with Gasteiger partial charge in [0, 0.05) is 12.2 Å². The molecule has 0 amide bonds. The Morgan fingerprint density at radius 2 is 1.38 bits per heavy atom. The van der Waals surface area contributed by atoms with Gasteiger partial charge < -0.3 is 9.81 Å². The third-order valence-electron chi connectivity index (χ3n) is 0.703. The average molecular weight is 114 g/mol. The molecule has 0 aromatic heterocycles. The molecule has 0 spiro atoms. The number of hydrogen-bond donors (Lipinski definition) is 0. The molecule has 40 valence electrons. The maximum atomic E-state index is 11.8. The van der Waals surface area contributed by atoms with E-state index >= 15 is 0 Å². The predicted octanol–water partition coefficient (Wildman–Crippen LogP) is 0.135. The zero-order valence-electron chi connectivity index (χ0n) is 3.96. The van der Waals surface area contributed by atoms with Crippen molar-refractivity contribution in [1.82, 2.24) is 0 Å². The molecule has 0 N–H and O–H groups in total. The van der Waals surface area contributed by atoms with Crippen LogP contribution in [0.4, 0.5) is 8.63 Å². The van der Waals surface area contributed by atoms with E-state index in [1.807, 2.05) is 0 Å². The van der Waals surface area contributed by atoms with Gasteiger partial charge in [-0.05, 0) is 0 Å². The number of rotatable bonds is 0. The Bertz CT molecular complexity index is 108. The highest BCUT2D eigenvalue weighted by atomic mass is 19.1. The molecular formula is C2H2B2F2N2. The Hall–Kier alpha value is -0.670. The largest absolute Gasteiger partial charge is 0.520 e. The van der Waals surface area contributed by atoms with Gasteiger partial charge in [-0.15, -0.1) is 0 Å². The Balaban J connectivity index is 2.54. The molecule has 1 heterocycles. The summed E-state index contributed by atoms with van der Waals surface area (Å²) >= 11 is 0. The third kappa shape index (κ3) is 1.15. The molecule has 1 rings (SSSR count). The van der Waals surface area contributed by atoms with Crippen LogP contribution >= 0.6 is 0 Å². The molecule has 0 saturated carbocycles. The summed E-state index contributed by atoms with van der Waals surface area (Å²) < 4.78 is 23.7. The van der Waals surface area contributed by atoms with Crippen molar-refractivity contribution in [2.75, 3.05) is 0 Å². The van der Waals surface area contributed by atoms with Gasteiger partial charge in [-0.3, -0.25) is 8.63 Å². The summed E-state index contributed by atoms with van der Waals surface area (Å²) in [7, 11) is -2.89. The Morgan fingerprint density at radius 3 is 1.62 bits per heavy atom. The fraction of sp³-hybridized carbons (Fsp3) is 0. The van der Waals surface area contributed by atoms with E-state index in [4.69, 9.17) is 0 Å². The van der Waals surface area contributed by atoms with Gasteiger partial charge in [0.15, 0.2) is 0 Å². The molecule has 0 bridgehead atoms. The molecule has 0 radical (unpaired) electrons. The minimum Gasteiger partial charge on any atom is -0.316 e. The summed E-state index contributed by atoms with van der Waals surface area (Å²) in [4.78, 5) is 6.19. The Kier molecular flexibility index (Phi) is 1.41. The van der Waals surface area contributed by atoms with Crippen LogP contribution in [0.3, 0.4) is 0 Å². The maximum Gasteiger partial charge on any atom is 0.520 e. The quantitative estimate of drug-likeness (QED) is 0.400. The Morgan fingerprint density at radius 1 is 1.00 bits per heavy atom. The van der Waals surface area contributed by atoms with Crippen molar-refractivity contribution < 1.29 is 8.63 Å². The van der Waals surface area contributed by atoms with Crippen LogP contribution in [-0.4, -0.2) is 26.5 Å². The molecular weight excluding hydrogens is 112 g/mol. The van der Waals surface area contributed by atoms with Crippen molar-refractivity contribution in [3.8, 4) is 0 Å². The second-order valence-electron chi connectivity index (χ2n) is 1.34. The van der Waals surface area contributed by atoms with Gasteiger partial charge in [-0.25, -0.2) is 0 Å². The number of hydrogen-bond acceptors (Lipinski definition) is 2. The van der Waals surface area contributed by atoms with Crippen molar-refractivity contribution >= 4 is 26.5 Å². The second-order valence-corrected chi connectivity index (χ2v) is 1.34. The summed E-state index contributed by atoms with van der Waals surface area (Å²) in [6.07, 6.45) is 1.68. The van der Waals surface area contributed by atoms with E-state index in [1.165, 1.54) is 0 Å². The Labute approximate surface area is 46.0 Å². The van der Waals surface area contributed by atoms with Gasteiger partial charge in [0.05, 0.1) is 0 Å². The molecule has 0 fully saturated rings. The lowest BCUT2D eigenvalue weighted by Crippen LogP contribution is -2.18. The lowest BCUT2D eigenvalue weighted by molar-refractivity contribution is 0.840. The van der Waals surface area contributed by atoms with E-state index in [9.17, 15) is 8.63 Å². The first kappa shape index (κ1) is 5.47. The van der Waals surface area contributed by atoms with Crippen molar-refractivity contribution in [1.29, 1.82) is 0 Å². The first-order valence-electron chi connectivity index (χ1n) is 2.14. The fourth-order valence-corrected chi connectivity index (χ4v) is 0.383. The summed E-state index contributed by atoms with van der Waals surface area (Å²) in [6, 6.07) is 0. The molecule has 0 aromatic rings. The zero-order valence-corrected chi connectivity index (χ0v) is 3.96. The SMILES string of the molecule is FB1C=NB(F)C=N1. The highest BCUT2D eigenvalue weighted by Crippen LogP contribution is 1.92. The van der Waals surface area contributed by atoms with Crippen LogP contribution in [0.25, 0.3) is 0 Å². The van der Waals surface area contributed by atoms with Gasteiger partial charge in [0.25, 0.3) is 0 Å². The van der Waals surface area contributed by atoms with E-state index in [1.54, 1.807) is 0 Å². The monoisotopic (exact) mass is 114 g/mol. The highest BCUT2D eigenvalue weighted by molar-refractivity contribution is 6.91. The van der Waals surface area contributed by atoms with Gasteiger partial charge >= 0.3 is 14.2 Å². The van der Waals surface area contributed by atoms with Crippen LogP contribution in [0.15, 0.2) is 9.81 Å². The van der Waals surface area contributed by atoms with Crippen LogP contribution in [0, 0.1) is 0 Å². The van der Waals surface area contributed by atoms with E-state index in [2.05, 4.69) is 9.81 Å². The molecule has 0 atom stereocenters. The smallest absolute Gasteiger partial charge is 0.316 e. The molecule has 0 unspecified atom stereocenters. The second kappa shape index (κ2) is 2.07. The fourth-order valence-electron chi connectivity index (χ4n) is 0.383. The molecule has 0 saturated heterocycles. The third-order valence-corrected chi connectivity index (χ3v) is 0.703. The average Bonchev–Trinajstić information content (AvgIpc) is 1.77. The van der Waals surface area contributed by atoms with Crippen LogP contribution in [0.2, 0.25) is 0 Å². The van der Waals surface area contributed by atoms with E-state index in [0.29, 0.717) is 0 Å². The van der Waals surface area contributed by atoms with Crippen molar-refractivity contribution in [3.05, 3.63) is 0 Å². The van der Waals surface area contributed by atoms with E-state index in [0.717, 1.165) is 12.2 Å². The normalized spacial score (nSPS) is 17.8. The van der Waals surface area contributed by atoms with Crippen LogP contribution in [-0.2, 0) is 0 Å². The molecule has 6 heteroatoms. The molecule has 0 aromatic carbocycles. The molecule has 1 aliphatic rings. The standard InChI is InChI=1S/C2H2B2F2N2/c5-3-1-7-4(6)2-8-3/h1-2H. The maximum absolute atomic E-state index is 11.8. The lowest BCUT2D eigenvalue weighted by atomic mass is 9.81.